The van der Waals surface area contributed by atoms with Crippen molar-refractivity contribution in [2.45, 2.75) is 38.6 Å². The van der Waals surface area contributed by atoms with Crippen LogP contribution < -0.4 is 5.73 Å². The number of carbonyl (C=O) groups excluding carboxylic acids is 1. The third-order valence-corrected chi connectivity index (χ3v) is 3.54. The molecule has 1 heterocycles. The molecule has 0 spiro atoms. The van der Waals surface area contributed by atoms with Crippen LogP contribution in [0, 0.1) is 5.82 Å². The van der Waals surface area contributed by atoms with Crippen LogP contribution in [0.2, 0.25) is 0 Å². The Hall–Kier alpha value is -1.58. The highest BCUT2D eigenvalue weighted by Gasteiger charge is 2.24. The van der Waals surface area contributed by atoms with Gasteiger partial charge in [0.1, 0.15) is 5.82 Å². The number of amides is 1. The smallest absolute Gasteiger partial charge is 0.257 e. The molecule has 3 nitrogen and oxygen atoms in total. The summed E-state index contributed by atoms with van der Waals surface area (Å²) in [6.07, 6.45) is 4.25. The molecule has 4 heteroatoms. The van der Waals surface area contributed by atoms with Crippen LogP contribution in [0.4, 0.5) is 10.1 Å². The average Bonchev–Trinajstić information content (AvgIpc) is 2.53. The summed E-state index contributed by atoms with van der Waals surface area (Å²) in [7, 11) is 0. The van der Waals surface area contributed by atoms with E-state index in [-0.39, 0.29) is 17.5 Å². The van der Waals surface area contributed by atoms with Crippen LogP contribution in [0.15, 0.2) is 18.2 Å². The molecular weight excluding hydrogens is 231 g/mol. The summed E-state index contributed by atoms with van der Waals surface area (Å²) in [4.78, 5) is 14.1. The molecule has 1 unspecified atom stereocenters. The van der Waals surface area contributed by atoms with E-state index < -0.39 is 5.82 Å². The molecule has 0 radical (unpaired) electrons. The molecule has 0 bridgehead atoms. The molecule has 0 aliphatic carbocycles. The van der Waals surface area contributed by atoms with Crippen LogP contribution in [0.3, 0.4) is 0 Å². The minimum Gasteiger partial charge on any atom is -0.399 e. The summed E-state index contributed by atoms with van der Waals surface area (Å²) in [6.45, 7) is 2.74. The van der Waals surface area contributed by atoms with Crippen molar-refractivity contribution in [3.05, 3.63) is 29.6 Å². The van der Waals surface area contributed by atoms with Crippen molar-refractivity contribution in [2.24, 2.45) is 0 Å². The van der Waals surface area contributed by atoms with E-state index in [4.69, 9.17) is 5.73 Å². The fraction of sp³-hybridized carbons (Fsp3) is 0.500. The molecule has 1 fully saturated rings. The fourth-order valence-electron chi connectivity index (χ4n) is 2.44. The average molecular weight is 250 g/mol. The van der Waals surface area contributed by atoms with E-state index in [1.165, 1.54) is 12.1 Å². The number of halogens is 1. The monoisotopic (exact) mass is 250 g/mol. The number of nitrogens with two attached hydrogens (primary N) is 1. The lowest BCUT2D eigenvalue weighted by Gasteiger charge is -2.27. The third-order valence-electron chi connectivity index (χ3n) is 3.54. The topological polar surface area (TPSA) is 46.3 Å². The minimum absolute atomic E-state index is 0.123. The molecule has 1 aromatic carbocycles. The molecular formula is C14H19FN2O. The van der Waals surface area contributed by atoms with Crippen LogP contribution >= 0.6 is 0 Å². The van der Waals surface area contributed by atoms with Gasteiger partial charge < -0.3 is 10.6 Å². The molecule has 0 aromatic heterocycles. The van der Waals surface area contributed by atoms with Gasteiger partial charge in [0, 0.05) is 18.3 Å². The predicted molar refractivity (Wildman–Crippen MR) is 69.8 cm³/mol. The standard InChI is InChI=1S/C14H19FN2O/c1-10-5-3-2-4-8-17(10)14(18)12-7-6-11(16)9-13(12)15/h6-7,9-10H,2-5,8,16H2,1H3. The number of benzene rings is 1. The van der Waals surface area contributed by atoms with Gasteiger partial charge in [-0.3, -0.25) is 4.79 Å². The van der Waals surface area contributed by atoms with Crippen LogP contribution in [0.25, 0.3) is 0 Å². The molecule has 2 rings (SSSR count). The van der Waals surface area contributed by atoms with Gasteiger partial charge in [0.25, 0.3) is 5.91 Å². The number of likely N-dealkylation sites (tertiary alicyclic amines) is 1. The Labute approximate surface area is 107 Å². The Morgan fingerprint density at radius 1 is 1.39 bits per heavy atom. The van der Waals surface area contributed by atoms with E-state index in [2.05, 4.69) is 0 Å². The summed E-state index contributed by atoms with van der Waals surface area (Å²) in [5, 5.41) is 0. The van der Waals surface area contributed by atoms with Gasteiger partial charge in [-0.05, 0) is 38.0 Å². The first kappa shape index (κ1) is 12.9. The van der Waals surface area contributed by atoms with E-state index in [0.717, 1.165) is 25.7 Å². The first-order valence-corrected chi connectivity index (χ1v) is 6.45. The van der Waals surface area contributed by atoms with Gasteiger partial charge in [0.05, 0.1) is 5.56 Å². The molecule has 18 heavy (non-hydrogen) atoms. The molecule has 1 atom stereocenters. The van der Waals surface area contributed by atoms with Crippen molar-refractivity contribution in [2.75, 3.05) is 12.3 Å². The number of hydrogen-bond acceptors (Lipinski definition) is 2. The zero-order valence-corrected chi connectivity index (χ0v) is 10.7. The van der Waals surface area contributed by atoms with Crippen molar-refractivity contribution in [3.63, 3.8) is 0 Å². The minimum atomic E-state index is -0.531. The molecule has 0 saturated carbocycles. The van der Waals surface area contributed by atoms with Crippen LogP contribution in [0.1, 0.15) is 43.0 Å². The van der Waals surface area contributed by atoms with E-state index in [1.54, 1.807) is 11.0 Å². The van der Waals surface area contributed by atoms with Gasteiger partial charge in [-0.2, -0.15) is 0 Å². The number of rotatable bonds is 1. The fourth-order valence-corrected chi connectivity index (χ4v) is 2.44. The number of nitrogens with zero attached hydrogens (tertiary/aromatic N) is 1. The predicted octanol–water partition coefficient (Wildman–Crippen LogP) is 2.81. The first-order valence-electron chi connectivity index (χ1n) is 6.45. The molecule has 1 aliphatic heterocycles. The Kier molecular flexibility index (Phi) is 3.84. The maximum Gasteiger partial charge on any atom is 0.257 e. The zero-order chi connectivity index (χ0) is 13.1. The van der Waals surface area contributed by atoms with E-state index in [1.807, 2.05) is 6.92 Å². The largest absolute Gasteiger partial charge is 0.399 e. The van der Waals surface area contributed by atoms with Gasteiger partial charge in [-0.15, -0.1) is 0 Å². The second-order valence-corrected chi connectivity index (χ2v) is 4.94. The highest BCUT2D eigenvalue weighted by atomic mass is 19.1. The number of nitrogen functional groups attached to an aromatic ring is 1. The number of hydrogen-bond donors (Lipinski definition) is 1. The molecule has 98 valence electrons. The Morgan fingerprint density at radius 2 is 2.17 bits per heavy atom. The Morgan fingerprint density at radius 3 is 2.89 bits per heavy atom. The Balaban J connectivity index is 2.23. The second-order valence-electron chi connectivity index (χ2n) is 4.94. The molecule has 2 N–H and O–H groups in total. The normalized spacial score (nSPS) is 20.6. The summed E-state index contributed by atoms with van der Waals surface area (Å²) in [5.74, 6) is -0.752. The summed E-state index contributed by atoms with van der Waals surface area (Å²) in [6, 6.07) is 4.43. The molecule has 1 amide bonds. The van der Waals surface area contributed by atoms with Crippen molar-refractivity contribution in [1.29, 1.82) is 0 Å². The van der Waals surface area contributed by atoms with Gasteiger partial charge >= 0.3 is 0 Å². The lowest BCUT2D eigenvalue weighted by molar-refractivity contribution is 0.0693. The van der Waals surface area contributed by atoms with Crippen molar-refractivity contribution in [3.8, 4) is 0 Å². The quantitative estimate of drug-likeness (QED) is 0.779. The Bertz CT molecular complexity index is 447. The SMILES string of the molecule is CC1CCCCCN1C(=O)c1ccc(N)cc1F. The maximum atomic E-state index is 13.8. The number of carbonyl (C=O) groups is 1. The highest BCUT2D eigenvalue weighted by Crippen LogP contribution is 2.21. The van der Waals surface area contributed by atoms with E-state index in [0.29, 0.717) is 12.2 Å². The van der Waals surface area contributed by atoms with Crippen molar-refractivity contribution in [1.82, 2.24) is 4.90 Å². The summed E-state index contributed by atoms with van der Waals surface area (Å²) >= 11 is 0. The molecule has 1 aromatic rings. The van der Waals surface area contributed by atoms with Crippen molar-refractivity contribution >= 4 is 11.6 Å². The summed E-state index contributed by atoms with van der Waals surface area (Å²) < 4.78 is 13.8. The van der Waals surface area contributed by atoms with Crippen LogP contribution in [-0.2, 0) is 0 Å². The molecule has 1 aliphatic rings. The van der Waals surface area contributed by atoms with E-state index >= 15 is 0 Å². The van der Waals surface area contributed by atoms with Crippen LogP contribution in [-0.4, -0.2) is 23.4 Å². The first-order chi connectivity index (χ1) is 8.59. The summed E-state index contributed by atoms with van der Waals surface area (Å²) in [5.41, 5.74) is 5.96. The number of anilines is 1. The third kappa shape index (κ3) is 2.63. The zero-order valence-electron chi connectivity index (χ0n) is 10.7. The lowest BCUT2D eigenvalue weighted by atomic mass is 10.1. The van der Waals surface area contributed by atoms with E-state index in [9.17, 15) is 9.18 Å². The van der Waals surface area contributed by atoms with Crippen molar-refractivity contribution < 1.29 is 9.18 Å². The second kappa shape index (κ2) is 5.38. The van der Waals surface area contributed by atoms with Gasteiger partial charge in [-0.25, -0.2) is 4.39 Å². The van der Waals surface area contributed by atoms with Gasteiger partial charge in [0.2, 0.25) is 0 Å². The maximum absolute atomic E-state index is 13.8. The highest BCUT2D eigenvalue weighted by molar-refractivity contribution is 5.95. The van der Waals surface area contributed by atoms with Gasteiger partial charge in [0.15, 0.2) is 0 Å². The molecule has 1 saturated heterocycles. The van der Waals surface area contributed by atoms with Gasteiger partial charge in [-0.1, -0.05) is 12.8 Å². The lowest BCUT2D eigenvalue weighted by Crippen LogP contribution is -2.38. The van der Waals surface area contributed by atoms with Crippen LogP contribution in [0.5, 0.6) is 0 Å².